The Morgan fingerprint density at radius 1 is 1.22 bits per heavy atom. The number of carbonyl (C=O) groups excluding carboxylic acids is 2. The standard InChI is InChI=1S/C21H28FNO4/c1-4-26-18(24)12-14-21(20(25)27-5-2)13-11-17(22)19(21)23-15(3)16-9-7-6-8-10-16/h6-10,15,17H,4-5,11-14H2,1-3H3/t15-,17?,21-/m0/s1. The molecule has 1 saturated carbocycles. The Morgan fingerprint density at radius 3 is 2.52 bits per heavy atom. The molecule has 0 saturated heterocycles. The van der Waals surface area contributed by atoms with Gasteiger partial charge in [-0.1, -0.05) is 30.3 Å². The van der Waals surface area contributed by atoms with Crippen molar-refractivity contribution in [1.29, 1.82) is 0 Å². The number of hydrogen-bond acceptors (Lipinski definition) is 5. The highest BCUT2D eigenvalue weighted by Gasteiger charge is 2.52. The van der Waals surface area contributed by atoms with Gasteiger partial charge >= 0.3 is 11.9 Å². The maximum absolute atomic E-state index is 14.8. The fourth-order valence-corrected chi connectivity index (χ4v) is 3.54. The van der Waals surface area contributed by atoms with E-state index in [0.29, 0.717) is 0 Å². The van der Waals surface area contributed by atoms with Crippen molar-refractivity contribution in [3.63, 3.8) is 0 Å². The second-order valence-corrected chi connectivity index (χ2v) is 6.71. The molecule has 0 heterocycles. The third-order valence-electron chi connectivity index (χ3n) is 4.95. The number of benzene rings is 1. The second-order valence-electron chi connectivity index (χ2n) is 6.71. The molecule has 27 heavy (non-hydrogen) atoms. The number of rotatable bonds is 8. The molecule has 1 aliphatic rings. The predicted molar refractivity (Wildman–Crippen MR) is 101 cm³/mol. The van der Waals surface area contributed by atoms with Gasteiger partial charge in [0, 0.05) is 6.42 Å². The Morgan fingerprint density at radius 2 is 1.89 bits per heavy atom. The topological polar surface area (TPSA) is 65.0 Å². The first kappa shape index (κ1) is 21.1. The molecular weight excluding hydrogens is 349 g/mol. The molecule has 0 amide bonds. The molecule has 0 radical (unpaired) electrons. The lowest BCUT2D eigenvalue weighted by molar-refractivity contribution is -0.152. The highest BCUT2D eigenvalue weighted by atomic mass is 19.1. The number of aliphatic imine (C=N–C) groups is 1. The van der Waals surface area contributed by atoms with Gasteiger partial charge in [-0.2, -0.15) is 0 Å². The number of carbonyl (C=O) groups is 2. The van der Waals surface area contributed by atoms with E-state index in [2.05, 4.69) is 4.99 Å². The molecule has 0 spiro atoms. The van der Waals surface area contributed by atoms with E-state index in [9.17, 15) is 14.0 Å². The molecule has 2 rings (SSSR count). The molecule has 6 heteroatoms. The summed E-state index contributed by atoms with van der Waals surface area (Å²) in [6.45, 7) is 5.76. The van der Waals surface area contributed by atoms with Gasteiger partial charge in [0.05, 0.1) is 25.0 Å². The predicted octanol–water partition coefficient (Wildman–Crippen LogP) is 4.21. The minimum absolute atomic E-state index is 0.0259. The van der Waals surface area contributed by atoms with Crippen molar-refractivity contribution in [2.75, 3.05) is 13.2 Å². The van der Waals surface area contributed by atoms with Gasteiger partial charge in [0.2, 0.25) is 0 Å². The fourth-order valence-electron chi connectivity index (χ4n) is 3.54. The van der Waals surface area contributed by atoms with E-state index in [1.807, 2.05) is 37.3 Å². The summed E-state index contributed by atoms with van der Waals surface area (Å²) < 4.78 is 25.0. The summed E-state index contributed by atoms with van der Waals surface area (Å²) in [5, 5.41) is 0. The van der Waals surface area contributed by atoms with Crippen LogP contribution in [0.5, 0.6) is 0 Å². The van der Waals surface area contributed by atoms with Crippen molar-refractivity contribution >= 4 is 17.7 Å². The van der Waals surface area contributed by atoms with Crippen LogP contribution in [-0.2, 0) is 19.1 Å². The Balaban J connectivity index is 2.35. The van der Waals surface area contributed by atoms with Crippen molar-refractivity contribution in [2.24, 2.45) is 10.4 Å². The molecular formula is C21H28FNO4. The third-order valence-corrected chi connectivity index (χ3v) is 4.95. The van der Waals surface area contributed by atoms with Crippen molar-refractivity contribution in [2.45, 2.75) is 58.7 Å². The highest BCUT2D eigenvalue weighted by Crippen LogP contribution is 2.43. The van der Waals surface area contributed by atoms with Gasteiger partial charge in [0.25, 0.3) is 0 Å². The molecule has 1 aliphatic carbocycles. The summed E-state index contributed by atoms with van der Waals surface area (Å²) in [7, 11) is 0. The van der Waals surface area contributed by atoms with Crippen LogP contribution in [0.25, 0.3) is 0 Å². The van der Waals surface area contributed by atoms with Crippen LogP contribution in [0, 0.1) is 5.41 Å². The fraction of sp³-hybridized carbons (Fsp3) is 0.571. The van der Waals surface area contributed by atoms with Crippen molar-refractivity contribution in [1.82, 2.24) is 0 Å². The molecule has 1 aromatic carbocycles. The Bertz CT molecular complexity index is 676. The van der Waals surface area contributed by atoms with Crippen LogP contribution in [0.2, 0.25) is 0 Å². The first-order chi connectivity index (χ1) is 12.9. The SMILES string of the molecule is CCOC(=O)CC[C@@]1(C(=O)OCC)CCC(F)C1=N[C@@H](C)c1ccccc1. The summed E-state index contributed by atoms with van der Waals surface area (Å²) in [5.41, 5.74) is -0.0699. The van der Waals surface area contributed by atoms with Crippen LogP contribution in [-0.4, -0.2) is 37.0 Å². The van der Waals surface area contributed by atoms with Crippen LogP contribution in [0.3, 0.4) is 0 Å². The van der Waals surface area contributed by atoms with Gasteiger partial charge in [0.1, 0.15) is 11.6 Å². The van der Waals surface area contributed by atoms with E-state index in [-0.39, 0.29) is 50.7 Å². The summed E-state index contributed by atoms with van der Waals surface area (Å²) >= 11 is 0. The maximum Gasteiger partial charge on any atom is 0.317 e. The largest absolute Gasteiger partial charge is 0.466 e. The van der Waals surface area contributed by atoms with Crippen LogP contribution in [0.15, 0.2) is 35.3 Å². The molecule has 0 aromatic heterocycles. The number of halogens is 1. The third kappa shape index (κ3) is 4.93. The maximum atomic E-state index is 14.8. The lowest BCUT2D eigenvalue weighted by Gasteiger charge is -2.28. The molecule has 1 fully saturated rings. The zero-order chi connectivity index (χ0) is 19.9. The van der Waals surface area contributed by atoms with E-state index < -0.39 is 23.5 Å². The normalized spacial score (nSPS) is 24.6. The van der Waals surface area contributed by atoms with E-state index in [1.54, 1.807) is 13.8 Å². The molecule has 148 valence electrons. The molecule has 3 atom stereocenters. The van der Waals surface area contributed by atoms with Crippen LogP contribution < -0.4 is 0 Å². The molecule has 0 bridgehead atoms. The van der Waals surface area contributed by atoms with Gasteiger partial charge in [-0.05, 0) is 45.6 Å². The number of nitrogens with zero attached hydrogens (tertiary/aromatic N) is 1. The van der Waals surface area contributed by atoms with Crippen LogP contribution in [0.4, 0.5) is 4.39 Å². The van der Waals surface area contributed by atoms with Gasteiger partial charge in [-0.25, -0.2) is 4.39 Å². The monoisotopic (exact) mass is 377 g/mol. The first-order valence-electron chi connectivity index (χ1n) is 9.54. The number of ether oxygens (including phenoxy) is 2. The molecule has 1 unspecified atom stereocenters. The van der Waals surface area contributed by atoms with Crippen LogP contribution >= 0.6 is 0 Å². The van der Waals surface area contributed by atoms with Gasteiger partial charge in [0.15, 0.2) is 0 Å². The quantitative estimate of drug-likeness (QED) is 0.637. The number of alkyl halides is 1. The second kappa shape index (κ2) is 9.62. The van der Waals surface area contributed by atoms with E-state index in [4.69, 9.17) is 9.47 Å². The number of esters is 2. The molecule has 0 N–H and O–H groups in total. The minimum Gasteiger partial charge on any atom is -0.466 e. The highest BCUT2D eigenvalue weighted by molar-refractivity contribution is 6.10. The van der Waals surface area contributed by atoms with Gasteiger partial charge in [-0.3, -0.25) is 14.6 Å². The summed E-state index contributed by atoms with van der Waals surface area (Å²) in [5.74, 6) is -0.910. The van der Waals surface area contributed by atoms with Crippen molar-refractivity contribution in [3.05, 3.63) is 35.9 Å². The van der Waals surface area contributed by atoms with E-state index >= 15 is 0 Å². The summed E-state index contributed by atoms with van der Waals surface area (Å²) in [6, 6.07) is 9.23. The minimum atomic E-state index is -1.32. The molecule has 1 aromatic rings. The molecule has 0 aliphatic heterocycles. The Hall–Kier alpha value is -2.24. The summed E-state index contributed by atoms with van der Waals surface area (Å²) in [6.07, 6.45) is -0.666. The Labute approximate surface area is 160 Å². The van der Waals surface area contributed by atoms with Crippen molar-refractivity contribution < 1.29 is 23.5 Å². The number of hydrogen-bond donors (Lipinski definition) is 0. The molecule has 5 nitrogen and oxygen atoms in total. The Kier molecular flexibility index (Phi) is 7.51. The van der Waals surface area contributed by atoms with E-state index in [1.165, 1.54) is 0 Å². The van der Waals surface area contributed by atoms with Crippen LogP contribution in [0.1, 0.15) is 58.1 Å². The first-order valence-corrected chi connectivity index (χ1v) is 9.54. The average Bonchev–Trinajstić information content (AvgIpc) is 2.98. The lowest BCUT2D eigenvalue weighted by atomic mass is 9.79. The average molecular weight is 377 g/mol. The zero-order valence-electron chi connectivity index (χ0n) is 16.2. The van der Waals surface area contributed by atoms with Gasteiger partial charge in [-0.15, -0.1) is 0 Å². The summed E-state index contributed by atoms with van der Waals surface area (Å²) in [4.78, 5) is 29.2. The van der Waals surface area contributed by atoms with E-state index in [0.717, 1.165) is 5.56 Å². The van der Waals surface area contributed by atoms with Crippen molar-refractivity contribution in [3.8, 4) is 0 Å². The zero-order valence-corrected chi connectivity index (χ0v) is 16.2. The smallest absolute Gasteiger partial charge is 0.317 e. The van der Waals surface area contributed by atoms with Gasteiger partial charge < -0.3 is 9.47 Å². The lowest BCUT2D eigenvalue weighted by Crippen LogP contribution is -2.40.